The number of allylic oxidation sites excluding steroid dienone is 1. The number of nitrogens with one attached hydrogen (secondary N) is 3. The number of benzene rings is 2. The first-order valence-corrected chi connectivity index (χ1v) is 13.3. The zero-order chi connectivity index (χ0) is 27.7. The van der Waals surface area contributed by atoms with Gasteiger partial charge in [0.1, 0.15) is 5.75 Å². The van der Waals surface area contributed by atoms with Gasteiger partial charge in [0.05, 0.1) is 41.7 Å². The molecule has 12 heteroatoms. The molecule has 0 saturated carbocycles. The summed E-state index contributed by atoms with van der Waals surface area (Å²) in [4.78, 5) is 25.1. The summed E-state index contributed by atoms with van der Waals surface area (Å²) in [5.41, 5.74) is 4.78. The Bertz CT molecular complexity index is 1270. The number of para-hydroxylation sites is 1. The Kier molecular flexibility index (Phi) is 10.7. The summed E-state index contributed by atoms with van der Waals surface area (Å²) in [6, 6.07) is 10.1. The molecule has 1 atom stereocenters. The number of hydrogen-bond acceptors (Lipinski definition) is 8. The quantitative estimate of drug-likeness (QED) is 0.110. The zero-order valence-electron chi connectivity index (χ0n) is 21.4. The molecule has 1 aliphatic heterocycles. The van der Waals surface area contributed by atoms with E-state index in [1.54, 1.807) is 45.2 Å². The maximum Gasteiger partial charge on any atom is 0.338 e. The predicted octanol–water partition coefficient (Wildman–Crippen LogP) is 3.58. The third-order valence-electron chi connectivity index (χ3n) is 5.30. The normalized spacial score (nSPS) is 15.0. The van der Waals surface area contributed by atoms with E-state index in [0.717, 1.165) is 9.13 Å². The van der Waals surface area contributed by atoms with Crippen molar-refractivity contribution in [1.82, 2.24) is 16.1 Å². The number of hydrazone groups is 1. The predicted molar refractivity (Wildman–Crippen MR) is 155 cm³/mol. The number of halogens is 1. The van der Waals surface area contributed by atoms with Crippen LogP contribution < -0.4 is 30.3 Å². The lowest BCUT2D eigenvalue weighted by molar-refractivity contribution is -0.139. The number of carbonyl (C=O) groups excluding carboxylic acids is 2. The van der Waals surface area contributed by atoms with E-state index < -0.39 is 17.9 Å². The molecular formula is C26H29IN4O6S. The molecule has 10 nitrogen and oxygen atoms in total. The zero-order valence-corrected chi connectivity index (χ0v) is 24.4. The summed E-state index contributed by atoms with van der Waals surface area (Å²) in [6.07, 6.45) is 1.51. The Balaban J connectivity index is 1.70. The number of ether oxygens (including phenoxy) is 4. The second kappa shape index (κ2) is 14.0. The van der Waals surface area contributed by atoms with Gasteiger partial charge >= 0.3 is 5.97 Å². The van der Waals surface area contributed by atoms with Crippen LogP contribution in [0.1, 0.15) is 37.9 Å². The number of amides is 1. The van der Waals surface area contributed by atoms with Gasteiger partial charge in [0.15, 0.2) is 23.2 Å². The number of nitrogens with zero attached hydrogens (tertiary/aromatic N) is 1. The van der Waals surface area contributed by atoms with E-state index in [0.29, 0.717) is 45.8 Å². The van der Waals surface area contributed by atoms with Crippen LogP contribution in [0.4, 0.5) is 0 Å². The molecule has 1 aliphatic rings. The second-order valence-electron chi connectivity index (χ2n) is 7.88. The summed E-state index contributed by atoms with van der Waals surface area (Å²) in [7, 11) is 1.56. The molecule has 0 fully saturated rings. The van der Waals surface area contributed by atoms with Crippen molar-refractivity contribution in [2.24, 2.45) is 5.10 Å². The van der Waals surface area contributed by atoms with Gasteiger partial charge in [-0.25, -0.2) is 10.2 Å². The Morgan fingerprint density at radius 2 is 1.92 bits per heavy atom. The van der Waals surface area contributed by atoms with Crippen molar-refractivity contribution in [3.8, 4) is 17.2 Å². The van der Waals surface area contributed by atoms with Crippen molar-refractivity contribution < 1.29 is 28.5 Å². The molecule has 0 radical (unpaired) electrons. The largest absolute Gasteiger partial charge is 0.493 e. The minimum atomic E-state index is -0.614. The number of esters is 1. The van der Waals surface area contributed by atoms with Gasteiger partial charge in [0.25, 0.3) is 5.91 Å². The Morgan fingerprint density at radius 1 is 1.16 bits per heavy atom. The molecular weight excluding hydrogens is 623 g/mol. The lowest BCUT2D eigenvalue weighted by Crippen LogP contribution is -2.45. The fourth-order valence-corrected chi connectivity index (χ4v) is 4.76. The van der Waals surface area contributed by atoms with Crippen molar-refractivity contribution in [2.45, 2.75) is 26.8 Å². The Labute approximate surface area is 240 Å². The van der Waals surface area contributed by atoms with Gasteiger partial charge < -0.3 is 29.6 Å². The van der Waals surface area contributed by atoms with Gasteiger partial charge in [-0.2, -0.15) is 5.10 Å². The summed E-state index contributed by atoms with van der Waals surface area (Å²) in [5, 5.41) is 10.4. The van der Waals surface area contributed by atoms with Crippen LogP contribution in [0.2, 0.25) is 0 Å². The highest BCUT2D eigenvalue weighted by Crippen LogP contribution is 2.34. The van der Waals surface area contributed by atoms with Crippen LogP contribution in [0.15, 0.2) is 52.8 Å². The van der Waals surface area contributed by atoms with Gasteiger partial charge in [-0.1, -0.05) is 18.2 Å². The molecule has 0 spiro atoms. The molecule has 202 valence electrons. The van der Waals surface area contributed by atoms with Crippen LogP contribution in [-0.2, 0) is 14.3 Å². The van der Waals surface area contributed by atoms with Crippen LogP contribution in [0.5, 0.6) is 17.2 Å². The van der Waals surface area contributed by atoms with E-state index in [2.05, 4.69) is 43.8 Å². The number of methoxy groups -OCH3 is 1. The van der Waals surface area contributed by atoms with Gasteiger partial charge in [-0.15, -0.1) is 0 Å². The van der Waals surface area contributed by atoms with Crippen molar-refractivity contribution in [3.63, 3.8) is 0 Å². The van der Waals surface area contributed by atoms with E-state index in [1.807, 2.05) is 19.1 Å². The fraction of sp³-hybridized carbons (Fsp3) is 0.308. The summed E-state index contributed by atoms with van der Waals surface area (Å²) in [6.45, 7) is 5.83. The maximum atomic E-state index is 12.7. The van der Waals surface area contributed by atoms with Crippen molar-refractivity contribution in [3.05, 3.63) is 62.4 Å². The first kappa shape index (κ1) is 29.2. The van der Waals surface area contributed by atoms with Gasteiger partial charge in [0.2, 0.25) is 0 Å². The SMILES string of the molecule is CCOC(=O)C1=C(C)NC(=S)N[C@H]1c1ccccc1OCC(=O)NN=Cc1cc(I)c(OCC)c(OC)c1. The molecule has 0 unspecified atom stereocenters. The highest BCUT2D eigenvalue weighted by molar-refractivity contribution is 14.1. The van der Waals surface area contributed by atoms with E-state index in [-0.39, 0.29) is 13.2 Å². The second-order valence-corrected chi connectivity index (χ2v) is 9.45. The summed E-state index contributed by atoms with van der Waals surface area (Å²) in [5.74, 6) is 0.705. The molecule has 1 amide bonds. The van der Waals surface area contributed by atoms with Gasteiger partial charge in [-0.3, -0.25) is 4.79 Å². The van der Waals surface area contributed by atoms with Crippen molar-refractivity contribution >= 4 is 58.0 Å². The lowest BCUT2D eigenvalue weighted by Gasteiger charge is -2.30. The number of hydrogen-bond donors (Lipinski definition) is 3. The van der Waals surface area contributed by atoms with Crippen LogP contribution in [-0.4, -0.2) is 50.1 Å². The monoisotopic (exact) mass is 652 g/mol. The molecule has 2 aromatic rings. The van der Waals surface area contributed by atoms with Crippen molar-refractivity contribution in [2.75, 3.05) is 26.9 Å². The molecule has 3 N–H and O–H groups in total. The van der Waals surface area contributed by atoms with Crippen LogP contribution >= 0.6 is 34.8 Å². The fourth-order valence-electron chi connectivity index (χ4n) is 3.71. The lowest BCUT2D eigenvalue weighted by atomic mass is 9.95. The number of thiocarbonyl (C=S) groups is 1. The number of carbonyl (C=O) groups is 2. The molecule has 0 aliphatic carbocycles. The van der Waals surface area contributed by atoms with E-state index in [9.17, 15) is 9.59 Å². The highest BCUT2D eigenvalue weighted by atomic mass is 127. The van der Waals surface area contributed by atoms with Crippen LogP contribution in [0, 0.1) is 3.57 Å². The molecule has 0 bridgehead atoms. The van der Waals surface area contributed by atoms with Gasteiger partial charge in [-0.05, 0) is 79.3 Å². The molecule has 2 aromatic carbocycles. The minimum Gasteiger partial charge on any atom is -0.493 e. The van der Waals surface area contributed by atoms with E-state index in [4.69, 9.17) is 31.2 Å². The molecule has 1 heterocycles. The third kappa shape index (κ3) is 7.34. The molecule has 3 rings (SSSR count). The average molecular weight is 653 g/mol. The highest BCUT2D eigenvalue weighted by Gasteiger charge is 2.32. The standard InChI is InChI=1S/C26H29IN4O6S/c1-5-35-24-18(27)11-16(12-20(24)34-4)13-28-31-21(32)14-37-19-10-8-7-9-17(19)23-22(25(33)36-6-2)15(3)29-26(38)30-23/h7-13,23H,5-6,14H2,1-4H3,(H,31,32)(H2,29,30,38)/t23-/m0/s1. The molecule has 0 saturated heterocycles. The van der Waals surface area contributed by atoms with E-state index >= 15 is 0 Å². The first-order chi connectivity index (χ1) is 18.3. The van der Waals surface area contributed by atoms with Gasteiger partial charge in [0, 0.05) is 11.3 Å². The minimum absolute atomic E-state index is 0.230. The first-order valence-electron chi connectivity index (χ1n) is 11.8. The molecule has 0 aromatic heterocycles. The molecule has 38 heavy (non-hydrogen) atoms. The summed E-state index contributed by atoms with van der Waals surface area (Å²) >= 11 is 7.45. The Morgan fingerprint density at radius 3 is 2.63 bits per heavy atom. The maximum absolute atomic E-state index is 12.7. The number of rotatable bonds is 11. The van der Waals surface area contributed by atoms with Crippen LogP contribution in [0.25, 0.3) is 0 Å². The topological polar surface area (TPSA) is 120 Å². The van der Waals surface area contributed by atoms with E-state index in [1.165, 1.54) is 6.21 Å². The van der Waals surface area contributed by atoms with Crippen LogP contribution in [0.3, 0.4) is 0 Å². The smallest absolute Gasteiger partial charge is 0.338 e. The van der Waals surface area contributed by atoms with Crippen molar-refractivity contribution in [1.29, 1.82) is 0 Å². The summed E-state index contributed by atoms with van der Waals surface area (Å²) < 4.78 is 22.9. The third-order valence-corrected chi connectivity index (χ3v) is 6.32. The average Bonchev–Trinajstić information content (AvgIpc) is 2.88. The Hall–Kier alpha value is -3.39.